The standard InChI is InChI=1S/C16H17N3O3/c1-2-5-18-13-6-11(8-17-9-13)16(20)19-12-3-4-14-15(7-12)22-10-21-14/h3-4,6-9,18H,2,5,10H2,1H3,(H,19,20). The van der Waals surface area contributed by atoms with Crippen molar-refractivity contribution < 1.29 is 14.3 Å². The minimum absolute atomic E-state index is 0.210. The minimum Gasteiger partial charge on any atom is -0.454 e. The summed E-state index contributed by atoms with van der Waals surface area (Å²) in [5.74, 6) is 1.10. The van der Waals surface area contributed by atoms with E-state index in [1.54, 1.807) is 36.7 Å². The van der Waals surface area contributed by atoms with E-state index < -0.39 is 0 Å². The number of nitrogens with one attached hydrogen (secondary N) is 2. The molecule has 1 aromatic heterocycles. The molecular weight excluding hydrogens is 282 g/mol. The third-order valence-corrected chi connectivity index (χ3v) is 3.21. The minimum atomic E-state index is -0.216. The Hall–Kier alpha value is -2.76. The number of carbonyl (C=O) groups is 1. The van der Waals surface area contributed by atoms with Crippen LogP contribution < -0.4 is 20.1 Å². The molecule has 3 rings (SSSR count). The van der Waals surface area contributed by atoms with Gasteiger partial charge in [0.2, 0.25) is 6.79 Å². The second-order valence-corrected chi connectivity index (χ2v) is 4.91. The van der Waals surface area contributed by atoms with Gasteiger partial charge in [-0.05, 0) is 24.6 Å². The average molecular weight is 299 g/mol. The van der Waals surface area contributed by atoms with Gasteiger partial charge >= 0.3 is 0 Å². The largest absolute Gasteiger partial charge is 0.454 e. The highest BCUT2D eigenvalue weighted by Gasteiger charge is 2.14. The molecule has 114 valence electrons. The molecule has 0 aliphatic carbocycles. The highest BCUT2D eigenvalue weighted by Crippen LogP contribution is 2.34. The molecule has 2 heterocycles. The average Bonchev–Trinajstić information content (AvgIpc) is 3.01. The molecule has 0 radical (unpaired) electrons. The number of amides is 1. The van der Waals surface area contributed by atoms with Crippen molar-refractivity contribution in [1.82, 2.24) is 4.98 Å². The Balaban J connectivity index is 1.71. The van der Waals surface area contributed by atoms with Crippen LogP contribution in [-0.2, 0) is 0 Å². The molecule has 0 bridgehead atoms. The number of benzene rings is 1. The summed E-state index contributed by atoms with van der Waals surface area (Å²) < 4.78 is 10.5. The van der Waals surface area contributed by atoms with E-state index in [0.29, 0.717) is 22.7 Å². The van der Waals surface area contributed by atoms with Crippen LogP contribution in [0.5, 0.6) is 11.5 Å². The Morgan fingerprint density at radius 3 is 2.91 bits per heavy atom. The van der Waals surface area contributed by atoms with Crippen molar-refractivity contribution in [3.8, 4) is 11.5 Å². The fourth-order valence-electron chi connectivity index (χ4n) is 2.11. The first kappa shape index (κ1) is 14.2. The fraction of sp³-hybridized carbons (Fsp3) is 0.250. The molecule has 1 amide bonds. The maximum absolute atomic E-state index is 12.3. The zero-order valence-electron chi connectivity index (χ0n) is 12.3. The third-order valence-electron chi connectivity index (χ3n) is 3.21. The molecule has 0 saturated carbocycles. The predicted octanol–water partition coefficient (Wildman–Crippen LogP) is 2.88. The summed E-state index contributed by atoms with van der Waals surface area (Å²) in [6.45, 7) is 3.13. The molecule has 0 unspecified atom stereocenters. The van der Waals surface area contributed by atoms with Gasteiger partial charge in [-0.1, -0.05) is 6.92 Å². The molecule has 0 fully saturated rings. The topological polar surface area (TPSA) is 72.5 Å². The highest BCUT2D eigenvalue weighted by molar-refractivity contribution is 6.04. The maximum Gasteiger partial charge on any atom is 0.257 e. The molecular formula is C16H17N3O3. The molecule has 6 heteroatoms. The number of rotatable bonds is 5. The first-order chi connectivity index (χ1) is 10.8. The van der Waals surface area contributed by atoms with Gasteiger partial charge in [0.25, 0.3) is 5.91 Å². The van der Waals surface area contributed by atoms with E-state index in [2.05, 4.69) is 22.5 Å². The first-order valence-corrected chi connectivity index (χ1v) is 7.16. The van der Waals surface area contributed by atoms with Gasteiger partial charge in [-0.3, -0.25) is 9.78 Å². The van der Waals surface area contributed by atoms with Gasteiger partial charge in [0.05, 0.1) is 11.3 Å². The van der Waals surface area contributed by atoms with Gasteiger partial charge in [-0.15, -0.1) is 0 Å². The second kappa shape index (κ2) is 6.34. The number of aromatic nitrogens is 1. The van der Waals surface area contributed by atoms with Crippen molar-refractivity contribution in [2.45, 2.75) is 13.3 Å². The lowest BCUT2D eigenvalue weighted by Crippen LogP contribution is -2.13. The number of ether oxygens (including phenoxy) is 2. The lowest BCUT2D eigenvalue weighted by Gasteiger charge is -2.08. The summed E-state index contributed by atoms with van der Waals surface area (Å²) in [5.41, 5.74) is 1.99. The van der Waals surface area contributed by atoms with Crippen LogP contribution in [0, 0.1) is 0 Å². The van der Waals surface area contributed by atoms with Crippen molar-refractivity contribution in [2.24, 2.45) is 0 Å². The van der Waals surface area contributed by atoms with E-state index in [4.69, 9.17) is 9.47 Å². The third kappa shape index (κ3) is 3.11. The molecule has 1 aromatic carbocycles. The summed E-state index contributed by atoms with van der Waals surface area (Å²) in [4.78, 5) is 16.4. The number of anilines is 2. The Labute approximate surface area is 128 Å². The Kier molecular flexibility index (Phi) is 4.09. The van der Waals surface area contributed by atoms with Crippen LogP contribution in [-0.4, -0.2) is 24.2 Å². The van der Waals surface area contributed by atoms with Crippen molar-refractivity contribution in [3.63, 3.8) is 0 Å². The highest BCUT2D eigenvalue weighted by atomic mass is 16.7. The van der Waals surface area contributed by atoms with E-state index in [0.717, 1.165) is 18.7 Å². The molecule has 0 spiro atoms. The van der Waals surface area contributed by atoms with Gasteiger partial charge in [-0.25, -0.2) is 0 Å². The van der Waals surface area contributed by atoms with Crippen LogP contribution in [0.4, 0.5) is 11.4 Å². The summed E-state index contributed by atoms with van der Waals surface area (Å²) >= 11 is 0. The monoisotopic (exact) mass is 299 g/mol. The van der Waals surface area contributed by atoms with E-state index >= 15 is 0 Å². The number of hydrogen-bond acceptors (Lipinski definition) is 5. The van der Waals surface area contributed by atoms with Gasteiger partial charge in [0.15, 0.2) is 11.5 Å². The van der Waals surface area contributed by atoms with Crippen LogP contribution >= 0.6 is 0 Å². The van der Waals surface area contributed by atoms with E-state index in [1.165, 1.54) is 0 Å². The molecule has 2 aromatic rings. The summed E-state index contributed by atoms with van der Waals surface area (Å²) in [6.07, 6.45) is 4.25. The van der Waals surface area contributed by atoms with Crippen molar-refractivity contribution >= 4 is 17.3 Å². The lowest BCUT2D eigenvalue weighted by molar-refractivity contribution is 0.102. The molecule has 0 saturated heterocycles. The maximum atomic E-state index is 12.3. The Morgan fingerprint density at radius 1 is 1.18 bits per heavy atom. The van der Waals surface area contributed by atoms with Gasteiger partial charge < -0.3 is 20.1 Å². The number of nitrogens with zero attached hydrogens (tertiary/aromatic N) is 1. The first-order valence-electron chi connectivity index (χ1n) is 7.16. The van der Waals surface area contributed by atoms with Gasteiger partial charge in [0, 0.05) is 30.7 Å². The molecule has 22 heavy (non-hydrogen) atoms. The number of pyridine rings is 1. The van der Waals surface area contributed by atoms with Gasteiger partial charge in [-0.2, -0.15) is 0 Å². The van der Waals surface area contributed by atoms with E-state index in [9.17, 15) is 4.79 Å². The lowest BCUT2D eigenvalue weighted by atomic mass is 10.2. The molecule has 2 N–H and O–H groups in total. The molecule has 1 aliphatic rings. The quantitative estimate of drug-likeness (QED) is 0.888. The summed E-state index contributed by atoms with van der Waals surface area (Å²) in [6, 6.07) is 7.07. The normalized spacial score (nSPS) is 12.0. The van der Waals surface area contributed by atoms with Crippen LogP contribution in [0.25, 0.3) is 0 Å². The smallest absolute Gasteiger partial charge is 0.257 e. The SMILES string of the molecule is CCCNc1cncc(C(=O)Nc2ccc3c(c2)OCO3)c1. The molecule has 0 atom stereocenters. The van der Waals surface area contributed by atoms with Crippen LogP contribution in [0.1, 0.15) is 23.7 Å². The molecule has 6 nitrogen and oxygen atoms in total. The van der Waals surface area contributed by atoms with Crippen LogP contribution in [0.2, 0.25) is 0 Å². The van der Waals surface area contributed by atoms with Crippen LogP contribution in [0.3, 0.4) is 0 Å². The second-order valence-electron chi connectivity index (χ2n) is 4.91. The number of hydrogen-bond donors (Lipinski definition) is 2. The van der Waals surface area contributed by atoms with Crippen molar-refractivity contribution in [1.29, 1.82) is 0 Å². The predicted molar refractivity (Wildman–Crippen MR) is 83.5 cm³/mol. The fourth-order valence-corrected chi connectivity index (χ4v) is 2.11. The number of carbonyl (C=O) groups excluding carboxylic acids is 1. The van der Waals surface area contributed by atoms with E-state index in [-0.39, 0.29) is 12.7 Å². The Bertz CT molecular complexity index is 688. The zero-order chi connectivity index (χ0) is 15.4. The molecule has 1 aliphatic heterocycles. The van der Waals surface area contributed by atoms with E-state index in [1.807, 2.05) is 0 Å². The van der Waals surface area contributed by atoms with Crippen molar-refractivity contribution in [3.05, 3.63) is 42.2 Å². The summed E-state index contributed by atoms with van der Waals surface area (Å²) in [5, 5.41) is 6.04. The van der Waals surface area contributed by atoms with Crippen LogP contribution in [0.15, 0.2) is 36.7 Å². The number of fused-ring (bicyclic) bond motifs is 1. The summed E-state index contributed by atoms with van der Waals surface area (Å²) in [7, 11) is 0. The van der Waals surface area contributed by atoms with Gasteiger partial charge in [0.1, 0.15) is 0 Å². The van der Waals surface area contributed by atoms with Crippen molar-refractivity contribution in [2.75, 3.05) is 24.0 Å². The Morgan fingerprint density at radius 2 is 2.05 bits per heavy atom. The zero-order valence-corrected chi connectivity index (χ0v) is 12.3.